The van der Waals surface area contributed by atoms with Crippen molar-refractivity contribution in [2.24, 2.45) is 0 Å². The third kappa shape index (κ3) is 2.21. The van der Waals surface area contributed by atoms with E-state index in [1.165, 1.54) is 6.07 Å². The molecule has 2 aromatic carbocycles. The molecular weight excluding hydrogens is 246 g/mol. The maximum atomic E-state index is 13.3. The predicted molar refractivity (Wildman–Crippen MR) is 65.5 cm³/mol. The van der Waals surface area contributed by atoms with Crippen molar-refractivity contribution in [1.82, 2.24) is 0 Å². The van der Waals surface area contributed by atoms with Gasteiger partial charge in [0.05, 0.1) is 10.4 Å². The number of rotatable bonds is 2. The zero-order valence-corrected chi connectivity index (χ0v) is 9.84. The van der Waals surface area contributed by atoms with Crippen LogP contribution in [-0.2, 0) is 0 Å². The summed E-state index contributed by atoms with van der Waals surface area (Å²) < 4.78 is 13.3. The van der Waals surface area contributed by atoms with Gasteiger partial charge in [0.2, 0.25) is 0 Å². The van der Waals surface area contributed by atoms with Crippen LogP contribution in [0.5, 0.6) is 0 Å². The van der Waals surface area contributed by atoms with Crippen molar-refractivity contribution in [2.75, 3.05) is 0 Å². The van der Waals surface area contributed by atoms with Crippen molar-refractivity contribution in [1.29, 1.82) is 0 Å². The Labute approximate surface area is 104 Å². The summed E-state index contributed by atoms with van der Waals surface area (Å²) >= 11 is 12.1. The van der Waals surface area contributed by atoms with Crippen molar-refractivity contribution >= 4 is 23.2 Å². The molecule has 0 radical (unpaired) electrons. The van der Waals surface area contributed by atoms with E-state index < -0.39 is 11.2 Å². The van der Waals surface area contributed by atoms with Gasteiger partial charge in [-0.25, -0.2) is 4.39 Å². The van der Waals surface area contributed by atoms with Crippen LogP contribution in [0, 0.1) is 5.82 Å². The van der Waals surface area contributed by atoms with Crippen LogP contribution in [0.2, 0.25) is 5.02 Å². The number of halogens is 3. The summed E-state index contributed by atoms with van der Waals surface area (Å²) in [7, 11) is 0. The molecule has 3 heteroatoms. The molecule has 0 fully saturated rings. The SMILES string of the molecule is Fc1cccc(C(Cl)c2ccccc2)c1Cl. The second-order valence-electron chi connectivity index (χ2n) is 3.42. The molecule has 0 bridgehead atoms. The van der Waals surface area contributed by atoms with E-state index in [4.69, 9.17) is 23.2 Å². The molecule has 16 heavy (non-hydrogen) atoms. The minimum Gasteiger partial charge on any atom is -0.205 e. The lowest BCUT2D eigenvalue weighted by Gasteiger charge is -2.12. The average Bonchev–Trinajstić information content (AvgIpc) is 2.33. The van der Waals surface area contributed by atoms with Crippen LogP contribution >= 0.6 is 23.2 Å². The molecule has 0 amide bonds. The van der Waals surface area contributed by atoms with Gasteiger partial charge >= 0.3 is 0 Å². The first-order valence-electron chi connectivity index (χ1n) is 4.83. The summed E-state index contributed by atoms with van der Waals surface area (Å²) in [5.41, 5.74) is 1.49. The summed E-state index contributed by atoms with van der Waals surface area (Å²) in [6.45, 7) is 0. The number of alkyl halides is 1. The molecule has 82 valence electrons. The van der Waals surface area contributed by atoms with E-state index in [0.29, 0.717) is 5.56 Å². The van der Waals surface area contributed by atoms with Crippen molar-refractivity contribution in [3.8, 4) is 0 Å². The van der Waals surface area contributed by atoms with Gasteiger partial charge < -0.3 is 0 Å². The van der Waals surface area contributed by atoms with Crippen LogP contribution < -0.4 is 0 Å². The lowest BCUT2D eigenvalue weighted by molar-refractivity contribution is 0.626. The van der Waals surface area contributed by atoms with Crippen LogP contribution in [0.1, 0.15) is 16.5 Å². The van der Waals surface area contributed by atoms with Crippen molar-refractivity contribution < 1.29 is 4.39 Å². The third-order valence-electron chi connectivity index (χ3n) is 2.35. The van der Waals surface area contributed by atoms with Gasteiger partial charge in [-0.2, -0.15) is 0 Å². The maximum absolute atomic E-state index is 13.3. The lowest BCUT2D eigenvalue weighted by atomic mass is 10.0. The highest BCUT2D eigenvalue weighted by Gasteiger charge is 2.15. The summed E-state index contributed by atoms with van der Waals surface area (Å²) in [5.74, 6) is -0.444. The van der Waals surface area contributed by atoms with E-state index in [2.05, 4.69) is 0 Å². The molecule has 2 aromatic rings. The van der Waals surface area contributed by atoms with Crippen LogP contribution in [0.15, 0.2) is 48.5 Å². The summed E-state index contributed by atoms with van der Waals surface area (Å²) in [6, 6.07) is 14.1. The standard InChI is InChI=1S/C13H9Cl2F/c14-12(9-5-2-1-3-6-9)10-7-4-8-11(16)13(10)15/h1-8,12H. The second-order valence-corrected chi connectivity index (χ2v) is 4.23. The van der Waals surface area contributed by atoms with E-state index in [1.54, 1.807) is 12.1 Å². The maximum Gasteiger partial charge on any atom is 0.142 e. The quantitative estimate of drug-likeness (QED) is 0.675. The Hall–Kier alpha value is -1.05. The van der Waals surface area contributed by atoms with Gasteiger partial charge in [-0.3, -0.25) is 0 Å². The van der Waals surface area contributed by atoms with Crippen LogP contribution in [0.25, 0.3) is 0 Å². The Morgan fingerprint density at radius 3 is 2.31 bits per heavy atom. The Morgan fingerprint density at radius 1 is 0.938 bits per heavy atom. The van der Waals surface area contributed by atoms with Crippen LogP contribution in [-0.4, -0.2) is 0 Å². The first kappa shape index (κ1) is 11.4. The number of benzene rings is 2. The molecule has 0 aliphatic heterocycles. The molecule has 0 heterocycles. The molecule has 0 spiro atoms. The van der Waals surface area contributed by atoms with Crippen molar-refractivity contribution in [3.05, 3.63) is 70.5 Å². The second kappa shape index (κ2) is 4.86. The molecule has 2 rings (SSSR count). The molecule has 0 nitrogen and oxygen atoms in total. The fourth-order valence-electron chi connectivity index (χ4n) is 1.52. The number of hydrogen-bond donors (Lipinski definition) is 0. The van der Waals surface area contributed by atoms with Gasteiger partial charge in [0.15, 0.2) is 0 Å². The minimum atomic E-state index is -0.444. The van der Waals surface area contributed by atoms with Gasteiger partial charge in [-0.1, -0.05) is 54.1 Å². The molecular formula is C13H9Cl2F. The molecule has 0 saturated heterocycles. The zero-order chi connectivity index (χ0) is 11.5. The molecule has 0 N–H and O–H groups in total. The normalized spacial score (nSPS) is 12.4. The Balaban J connectivity index is 2.42. The van der Waals surface area contributed by atoms with Gasteiger partial charge in [-0.15, -0.1) is 11.6 Å². The monoisotopic (exact) mass is 254 g/mol. The van der Waals surface area contributed by atoms with Gasteiger partial charge in [0.25, 0.3) is 0 Å². The average molecular weight is 255 g/mol. The van der Waals surface area contributed by atoms with Gasteiger partial charge in [0, 0.05) is 0 Å². The van der Waals surface area contributed by atoms with E-state index >= 15 is 0 Å². The number of hydrogen-bond acceptors (Lipinski definition) is 0. The minimum absolute atomic E-state index is 0.0892. The highest BCUT2D eigenvalue weighted by atomic mass is 35.5. The van der Waals surface area contributed by atoms with E-state index in [0.717, 1.165) is 5.56 Å². The largest absolute Gasteiger partial charge is 0.205 e. The fraction of sp³-hybridized carbons (Fsp3) is 0.0769. The molecule has 0 aliphatic rings. The smallest absolute Gasteiger partial charge is 0.142 e. The van der Waals surface area contributed by atoms with Gasteiger partial charge in [0.1, 0.15) is 5.82 Å². The summed E-state index contributed by atoms with van der Waals surface area (Å²) in [5, 5.41) is -0.337. The fourth-order valence-corrected chi connectivity index (χ4v) is 2.14. The first-order chi connectivity index (χ1) is 7.70. The highest BCUT2D eigenvalue weighted by molar-refractivity contribution is 6.33. The Bertz CT molecular complexity index is 483. The van der Waals surface area contributed by atoms with Crippen LogP contribution in [0.3, 0.4) is 0 Å². The predicted octanol–water partition coefficient (Wildman–Crippen LogP) is 4.81. The zero-order valence-electron chi connectivity index (χ0n) is 8.33. The molecule has 0 aromatic heterocycles. The first-order valence-corrected chi connectivity index (χ1v) is 5.64. The van der Waals surface area contributed by atoms with Gasteiger partial charge in [-0.05, 0) is 17.2 Å². The van der Waals surface area contributed by atoms with E-state index in [1.807, 2.05) is 30.3 Å². The van der Waals surface area contributed by atoms with Crippen molar-refractivity contribution in [2.45, 2.75) is 5.38 Å². The van der Waals surface area contributed by atoms with Crippen LogP contribution in [0.4, 0.5) is 4.39 Å². The topological polar surface area (TPSA) is 0 Å². The van der Waals surface area contributed by atoms with Crippen molar-refractivity contribution in [3.63, 3.8) is 0 Å². The summed E-state index contributed by atoms with van der Waals surface area (Å²) in [4.78, 5) is 0. The summed E-state index contributed by atoms with van der Waals surface area (Å²) in [6.07, 6.45) is 0. The third-order valence-corrected chi connectivity index (χ3v) is 3.23. The molecule has 1 unspecified atom stereocenters. The molecule has 0 aliphatic carbocycles. The molecule has 0 saturated carbocycles. The lowest BCUT2D eigenvalue weighted by Crippen LogP contribution is -1.95. The highest BCUT2D eigenvalue weighted by Crippen LogP contribution is 2.34. The molecule has 1 atom stereocenters. The Morgan fingerprint density at radius 2 is 1.62 bits per heavy atom. The van der Waals surface area contributed by atoms with E-state index in [-0.39, 0.29) is 5.02 Å². The van der Waals surface area contributed by atoms with E-state index in [9.17, 15) is 4.39 Å². The Kier molecular flexibility index (Phi) is 3.47.